The van der Waals surface area contributed by atoms with Crippen LogP contribution in [0, 0.1) is 11.7 Å². The fourth-order valence-corrected chi connectivity index (χ4v) is 3.77. The minimum Gasteiger partial charge on any atom is -0.457 e. The second-order valence-corrected chi connectivity index (χ2v) is 7.11. The molecule has 4 rings (SSSR count). The zero-order valence-corrected chi connectivity index (χ0v) is 15.0. The van der Waals surface area contributed by atoms with Gasteiger partial charge in [0.25, 0.3) is 5.91 Å². The highest BCUT2D eigenvalue weighted by Crippen LogP contribution is 2.32. The summed E-state index contributed by atoms with van der Waals surface area (Å²) in [4.78, 5) is 16.2. The number of halogens is 1. The van der Waals surface area contributed by atoms with Crippen molar-refractivity contribution >= 4 is 16.7 Å². The van der Waals surface area contributed by atoms with Crippen molar-refractivity contribution in [1.82, 2.24) is 4.98 Å². The molecule has 138 valence electrons. The van der Waals surface area contributed by atoms with E-state index in [0.29, 0.717) is 23.1 Å². The zero-order chi connectivity index (χ0) is 18.8. The molecule has 1 aliphatic rings. The molecule has 1 aliphatic carbocycles. The highest BCUT2D eigenvalue weighted by molar-refractivity contribution is 5.96. The summed E-state index contributed by atoms with van der Waals surface area (Å²) < 4.78 is 18.9. The largest absolute Gasteiger partial charge is 0.457 e. The number of nitrogens with zero attached hydrogens (tertiary/aromatic N) is 1. The third-order valence-electron chi connectivity index (χ3n) is 5.14. The van der Waals surface area contributed by atoms with Crippen LogP contribution in [0.4, 0.5) is 4.39 Å². The van der Waals surface area contributed by atoms with Crippen LogP contribution in [0.15, 0.2) is 48.5 Å². The third-order valence-corrected chi connectivity index (χ3v) is 5.14. The van der Waals surface area contributed by atoms with Crippen LogP contribution in [0.1, 0.15) is 41.9 Å². The van der Waals surface area contributed by atoms with Crippen LogP contribution in [0.2, 0.25) is 0 Å². The molecule has 3 aromatic rings. The van der Waals surface area contributed by atoms with Gasteiger partial charge >= 0.3 is 0 Å². The van der Waals surface area contributed by atoms with E-state index >= 15 is 0 Å². The Labute approximate surface area is 157 Å². The molecule has 2 aromatic carbocycles. The number of rotatable bonds is 5. The second-order valence-electron chi connectivity index (χ2n) is 7.11. The van der Waals surface area contributed by atoms with Crippen molar-refractivity contribution in [2.75, 3.05) is 0 Å². The first-order valence-corrected chi connectivity index (χ1v) is 9.25. The first-order chi connectivity index (χ1) is 13.1. The van der Waals surface area contributed by atoms with E-state index in [4.69, 9.17) is 10.5 Å². The lowest BCUT2D eigenvalue weighted by atomic mass is 9.97. The van der Waals surface area contributed by atoms with E-state index in [1.807, 2.05) is 18.2 Å². The van der Waals surface area contributed by atoms with Gasteiger partial charge in [-0.25, -0.2) is 9.37 Å². The Morgan fingerprint density at radius 3 is 2.48 bits per heavy atom. The monoisotopic (exact) mass is 364 g/mol. The highest BCUT2D eigenvalue weighted by Gasteiger charge is 2.19. The molecule has 1 fully saturated rings. The topological polar surface area (TPSA) is 65.2 Å². The first-order valence-electron chi connectivity index (χ1n) is 9.25. The molecule has 0 spiro atoms. The average molecular weight is 364 g/mol. The first kappa shape index (κ1) is 17.5. The van der Waals surface area contributed by atoms with Crippen molar-refractivity contribution < 1.29 is 13.9 Å². The van der Waals surface area contributed by atoms with Crippen LogP contribution in [0.5, 0.6) is 11.5 Å². The van der Waals surface area contributed by atoms with E-state index in [2.05, 4.69) is 4.98 Å². The van der Waals surface area contributed by atoms with Crippen molar-refractivity contribution in [3.8, 4) is 11.5 Å². The van der Waals surface area contributed by atoms with E-state index in [0.717, 1.165) is 22.9 Å². The van der Waals surface area contributed by atoms with Crippen LogP contribution in [-0.4, -0.2) is 10.9 Å². The number of primary amides is 1. The van der Waals surface area contributed by atoms with Gasteiger partial charge in [0.05, 0.1) is 0 Å². The van der Waals surface area contributed by atoms with Gasteiger partial charge in [0.15, 0.2) is 0 Å². The molecule has 0 unspecified atom stereocenters. The summed E-state index contributed by atoms with van der Waals surface area (Å²) in [5.41, 5.74) is 6.65. The lowest BCUT2D eigenvalue weighted by molar-refractivity contribution is 0.0995. The molecule has 0 bridgehead atoms. The fraction of sp³-hybridized carbons (Fsp3) is 0.273. The number of hydrogen-bond acceptors (Lipinski definition) is 3. The molecule has 1 aromatic heterocycles. The summed E-state index contributed by atoms with van der Waals surface area (Å²) >= 11 is 0. The minimum absolute atomic E-state index is 0.294. The second kappa shape index (κ2) is 7.35. The number of fused-ring (bicyclic) bond motifs is 1. The Bertz CT molecular complexity index is 980. The fourth-order valence-electron chi connectivity index (χ4n) is 3.77. The van der Waals surface area contributed by atoms with E-state index in [9.17, 15) is 9.18 Å². The van der Waals surface area contributed by atoms with Gasteiger partial charge in [0, 0.05) is 11.1 Å². The molecule has 27 heavy (non-hydrogen) atoms. The molecular formula is C22H21FN2O2. The average Bonchev–Trinajstić information content (AvgIpc) is 3.17. The van der Waals surface area contributed by atoms with Crippen molar-refractivity contribution in [2.45, 2.75) is 32.1 Å². The molecule has 0 atom stereocenters. The number of amides is 1. The van der Waals surface area contributed by atoms with Gasteiger partial charge < -0.3 is 10.5 Å². The Balaban J connectivity index is 1.72. The molecule has 0 aliphatic heterocycles. The van der Waals surface area contributed by atoms with Crippen LogP contribution in [0.3, 0.4) is 0 Å². The number of pyridine rings is 1. The molecule has 0 saturated heterocycles. The van der Waals surface area contributed by atoms with Gasteiger partial charge in [-0.15, -0.1) is 0 Å². The molecule has 0 radical (unpaired) electrons. The Hall–Kier alpha value is -2.95. The number of nitrogens with two attached hydrogens (primary N) is 1. The Morgan fingerprint density at radius 2 is 1.78 bits per heavy atom. The predicted octanol–water partition coefficient (Wildman–Crippen LogP) is 5.00. The smallest absolute Gasteiger partial charge is 0.267 e. The van der Waals surface area contributed by atoms with Gasteiger partial charge in [-0.2, -0.15) is 0 Å². The summed E-state index contributed by atoms with van der Waals surface area (Å²) in [7, 11) is 0. The van der Waals surface area contributed by atoms with Crippen LogP contribution < -0.4 is 10.5 Å². The third kappa shape index (κ3) is 3.92. The maximum atomic E-state index is 13.1. The number of carbonyl (C=O) groups is 1. The maximum absolute atomic E-state index is 13.1. The highest BCUT2D eigenvalue weighted by atomic mass is 19.1. The van der Waals surface area contributed by atoms with Gasteiger partial charge in [-0.05, 0) is 60.2 Å². The molecule has 2 N–H and O–H groups in total. The van der Waals surface area contributed by atoms with Gasteiger partial charge in [-0.3, -0.25) is 4.79 Å². The Morgan fingerprint density at radius 1 is 1.07 bits per heavy atom. The quantitative estimate of drug-likeness (QED) is 0.693. The summed E-state index contributed by atoms with van der Waals surface area (Å²) in [6.45, 7) is 0. The summed E-state index contributed by atoms with van der Waals surface area (Å²) in [5, 5.41) is 1.88. The number of hydrogen-bond donors (Lipinski definition) is 1. The number of benzene rings is 2. The Kier molecular flexibility index (Phi) is 4.75. The van der Waals surface area contributed by atoms with E-state index in [1.54, 1.807) is 18.2 Å². The SMILES string of the molecule is NC(=O)c1cc2ccc(Oc3ccc(F)cc3)cc2c(CC2CCCC2)n1. The molecular weight excluding hydrogens is 343 g/mol. The number of ether oxygens (including phenoxy) is 1. The van der Waals surface area contributed by atoms with Gasteiger partial charge in [-0.1, -0.05) is 31.7 Å². The van der Waals surface area contributed by atoms with E-state index < -0.39 is 5.91 Å². The van der Waals surface area contributed by atoms with E-state index in [-0.39, 0.29) is 5.82 Å². The molecule has 1 saturated carbocycles. The summed E-state index contributed by atoms with van der Waals surface area (Å²) in [6, 6.07) is 13.3. The predicted molar refractivity (Wildman–Crippen MR) is 102 cm³/mol. The lowest BCUT2D eigenvalue weighted by Crippen LogP contribution is -2.15. The van der Waals surface area contributed by atoms with Crippen LogP contribution in [0.25, 0.3) is 10.8 Å². The number of aromatic nitrogens is 1. The molecule has 1 amide bonds. The maximum Gasteiger partial charge on any atom is 0.267 e. The minimum atomic E-state index is -0.517. The standard InChI is InChI=1S/C22H21FN2O2/c23-16-6-9-17(10-7-16)27-18-8-5-15-12-21(22(24)26)25-20(19(15)13-18)11-14-3-1-2-4-14/h5-10,12-14H,1-4,11H2,(H2,24,26). The molecule has 1 heterocycles. The van der Waals surface area contributed by atoms with Crippen molar-refractivity contribution in [2.24, 2.45) is 11.7 Å². The zero-order valence-electron chi connectivity index (χ0n) is 15.0. The molecule has 4 nitrogen and oxygen atoms in total. The van der Waals surface area contributed by atoms with Crippen LogP contribution in [-0.2, 0) is 6.42 Å². The lowest BCUT2D eigenvalue weighted by Gasteiger charge is -2.14. The number of carbonyl (C=O) groups excluding carboxylic acids is 1. The van der Waals surface area contributed by atoms with Crippen LogP contribution >= 0.6 is 0 Å². The summed E-state index contributed by atoms with van der Waals surface area (Å²) in [5.74, 6) is 0.981. The van der Waals surface area contributed by atoms with Gasteiger partial charge in [0.2, 0.25) is 0 Å². The normalized spacial score (nSPS) is 14.6. The van der Waals surface area contributed by atoms with Crippen molar-refractivity contribution in [1.29, 1.82) is 0 Å². The van der Waals surface area contributed by atoms with Gasteiger partial charge in [0.1, 0.15) is 23.0 Å². The van der Waals surface area contributed by atoms with Crippen molar-refractivity contribution in [3.63, 3.8) is 0 Å². The molecule has 5 heteroatoms. The summed E-state index contributed by atoms with van der Waals surface area (Å²) in [6.07, 6.45) is 5.71. The van der Waals surface area contributed by atoms with E-state index in [1.165, 1.54) is 37.8 Å². The van der Waals surface area contributed by atoms with Crippen molar-refractivity contribution in [3.05, 3.63) is 65.7 Å².